The van der Waals surface area contributed by atoms with Crippen LogP contribution in [0.4, 0.5) is 5.69 Å². The summed E-state index contributed by atoms with van der Waals surface area (Å²) in [7, 11) is 1.80. The molecule has 0 bridgehead atoms. The van der Waals surface area contributed by atoms with Gasteiger partial charge < -0.3 is 14.6 Å². The van der Waals surface area contributed by atoms with E-state index in [1.54, 1.807) is 19.0 Å². The van der Waals surface area contributed by atoms with Gasteiger partial charge in [0.05, 0.1) is 12.3 Å². The van der Waals surface area contributed by atoms with Gasteiger partial charge in [-0.25, -0.2) is 5.84 Å². The van der Waals surface area contributed by atoms with E-state index in [0.717, 1.165) is 16.8 Å². The summed E-state index contributed by atoms with van der Waals surface area (Å²) in [5, 5.41) is 5.46. The van der Waals surface area contributed by atoms with Crippen molar-refractivity contribution in [2.75, 3.05) is 18.7 Å². The van der Waals surface area contributed by atoms with Gasteiger partial charge in [0, 0.05) is 19.5 Å². The van der Waals surface area contributed by atoms with Crippen molar-refractivity contribution in [2.45, 2.75) is 27.4 Å². The lowest BCUT2D eigenvalue weighted by Crippen LogP contribution is -2.26. The molecule has 5 heteroatoms. The second kappa shape index (κ2) is 6.86. The molecule has 5 nitrogen and oxygen atoms in total. The van der Waals surface area contributed by atoms with E-state index in [4.69, 9.17) is 15.4 Å². The molecular weight excluding hydrogens is 230 g/mol. The van der Waals surface area contributed by atoms with Gasteiger partial charge in [0.1, 0.15) is 6.61 Å². The first kappa shape index (κ1) is 14.3. The first-order valence-electron chi connectivity index (χ1n) is 5.92. The van der Waals surface area contributed by atoms with E-state index in [0.29, 0.717) is 19.1 Å². The molecule has 1 aromatic carbocycles. The highest BCUT2D eigenvalue weighted by Crippen LogP contribution is 2.22. The first-order chi connectivity index (χ1) is 8.56. The van der Waals surface area contributed by atoms with Crippen LogP contribution in [0, 0.1) is 6.92 Å². The Bertz CT molecular complexity index is 417. The van der Waals surface area contributed by atoms with Crippen molar-refractivity contribution in [3.8, 4) is 0 Å². The normalized spacial score (nSPS) is 11.3. The number of hydrogen-bond acceptors (Lipinski definition) is 5. The van der Waals surface area contributed by atoms with E-state index in [1.165, 1.54) is 0 Å². The van der Waals surface area contributed by atoms with Gasteiger partial charge in [-0.3, -0.25) is 0 Å². The zero-order valence-corrected chi connectivity index (χ0v) is 11.4. The zero-order valence-electron chi connectivity index (χ0n) is 11.4. The third-order valence-corrected chi connectivity index (χ3v) is 2.52. The van der Waals surface area contributed by atoms with Gasteiger partial charge >= 0.3 is 0 Å². The molecule has 0 spiro atoms. The van der Waals surface area contributed by atoms with E-state index in [-0.39, 0.29) is 0 Å². The predicted molar refractivity (Wildman–Crippen MR) is 73.3 cm³/mol. The molecule has 1 aromatic rings. The molecule has 1 rings (SSSR count). The van der Waals surface area contributed by atoms with Gasteiger partial charge in [-0.1, -0.05) is 17.3 Å². The van der Waals surface area contributed by atoms with Gasteiger partial charge in [-0.2, -0.15) is 0 Å². The Morgan fingerprint density at radius 2 is 2.17 bits per heavy atom. The number of anilines is 1. The average Bonchev–Trinajstić information content (AvgIpc) is 2.31. The number of nitrogens with two attached hydrogens (primary N) is 1. The molecule has 0 saturated carbocycles. The van der Waals surface area contributed by atoms with Crippen molar-refractivity contribution in [2.24, 2.45) is 11.0 Å². The van der Waals surface area contributed by atoms with Gasteiger partial charge in [-0.05, 0) is 25.5 Å². The lowest BCUT2D eigenvalue weighted by atomic mass is 10.1. The highest BCUT2D eigenvalue weighted by Gasteiger charge is 2.08. The van der Waals surface area contributed by atoms with Crippen molar-refractivity contribution < 1.29 is 9.57 Å². The van der Waals surface area contributed by atoms with Crippen LogP contribution in [-0.2, 0) is 16.2 Å². The number of hydrazine groups is 1. The molecule has 18 heavy (non-hydrogen) atoms. The topological polar surface area (TPSA) is 60.1 Å². The molecule has 0 aliphatic heterocycles. The maximum Gasteiger partial charge on any atom is 0.222 e. The fourth-order valence-corrected chi connectivity index (χ4v) is 1.63. The number of rotatable bonds is 5. The summed E-state index contributed by atoms with van der Waals surface area (Å²) >= 11 is 0. The van der Waals surface area contributed by atoms with E-state index >= 15 is 0 Å². The van der Waals surface area contributed by atoms with Crippen LogP contribution in [0.5, 0.6) is 0 Å². The molecule has 0 fully saturated rings. The molecule has 100 valence electrons. The van der Waals surface area contributed by atoms with Crippen molar-refractivity contribution in [1.29, 1.82) is 0 Å². The van der Waals surface area contributed by atoms with Crippen molar-refractivity contribution in [3.05, 3.63) is 29.3 Å². The second-order valence-corrected chi connectivity index (χ2v) is 4.00. The van der Waals surface area contributed by atoms with Crippen molar-refractivity contribution >= 4 is 11.6 Å². The lowest BCUT2D eigenvalue weighted by Gasteiger charge is -2.18. The Hall–Kier alpha value is -1.75. The quantitative estimate of drug-likeness (QED) is 0.377. The van der Waals surface area contributed by atoms with Crippen LogP contribution in [0.25, 0.3) is 0 Å². The van der Waals surface area contributed by atoms with Crippen LogP contribution < -0.4 is 10.9 Å². The number of nitrogens with zero attached hydrogens (tertiary/aromatic N) is 2. The van der Waals surface area contributed by atoms with E-state index in [1.807, 2.05) is 32.0 Å². The van der Waals surface area contributed by atoms with E-state index < -0.39 is 0 Å². The summed E-state index contributed by atoms with van der Waals surface area (Å²) in [4.78, 5) is 5.29. The highest BCUT2D eigenvalue weighted by molar-refractivity contribution is 5.72. The fraction of sp³-hybridized carbons (Fsp3) is 0.462. The third-order valence-electron chi connectivity index (χ3n) is 2.52. The van der Waals surface area contributed by atoms with Crippen LogP contribution in [-0.4, -0.2) is 19.6 Å². The molecule has 0 saturated heterocycles. The van der Waals surface area contributed by atoms with Crippen LogP contribution in [0.2, 0.25) is 0 Å². The Morgan fingerprint density at radius 1 is 1.44 bits per heavy atom. The third kappa shape index (κ3) is 3.92. The predicted octanol–water partition coefficient (Wildman–Crippen LogP) is 2.19. The van der Waals surface area contributed by atoms with Gasteiger partial charge in [-0.15, -0.1) is 0 Å². The van der Waals surface area contributed by atoms with Crippen LogP contribution >= 0.6 is 0 Å². The molecule has 0 atom stereocenters. The van der Waals surface area contributed by atoms with Crippen LogP contribution in [0.1, 0.15) is 25.0 Å². The largest absolute Gasteiger partial charge is 0.479 e. The molecule has 2 N–H and O–H groups in total. The first-order valence-corrected chi connectivity index (χ1v) is 5.92. The lowest BCUT2D eigenvalue weighted by molar-refractivity contribution is 0.119. The van der Waals surface area contributed by atoms with Gasteiger partial charge in [0.15, 0.2) is 0 Å². The van der Waals surface area contributed by atoms with Gasteiger partial charge in [0.2, 0.25) is 5.90 Å². The molecule has 0 aliphatic rings. The minimum Gasteiger partial charge on any atom is -0.479 e. The minimum atomic E-state index is 0.369. The summed E-state index contributed by atoms with van der Waals surface area (Å²) in [5.41, 5.74) is 3.07. The standard InChI is InChI=1S/C13H21N3O2/c1-5-17-11(3)15-18-9-12-10(2)7-6-8-13(12)16(4)14/h6-8H,5,9,14H2,1-4H3. The maximum absolute atomic E-state index is 5.78. The second-order valence-electron chi connectivity index (χ2n) is 4.00. The van der Waals surface area contributed by atoms with Crippen molar-refractivity contribution in [1.82, 2.24) is 0 Å². The SMILES string of the molecule is CCOC(C)=NOCc1c(C)cccc1N(C)N. The molecule has 0 amide bonds. The Morgan fingerprint density at radius 3 is 2.78 bits per heavy atom. The number of oxime groups is 1. The summed E-state index contributed by atoms with van der Waals surface area (Å²) in [6, 6.07) is 5.93. The summed E-state index contributed by atoms with van der Waals surface area (Å²) in [5.74, 6) is 6.30. The highest BCUT2D eigenvalue weighted by atomic mass is 16.6. The summed E-state index contributed by atoms with van der Waals surface area (Å²) < 4.78 is 5.18. The maximum atomic E-state index is 5.78. The van der Waals surface area contributed by atoms with E-state index in [9.17, 15) is 0 Å². The average molecular weight is 251 g/mol. The van der Waals surface area contributed by atoms with Crippen LogP contribution in [0.15, 0.2) is 23.4 Å². The molecule has 0 aliphatic carbocycles. The minimum absolute atomic E-state index is 0.369. The van der Waals surface area contributed by atoms with Crippen LogP contribution in [0.3, 0.4) is 0 Å². The summed E-state index contributed by atoms with van der Waals surface area (Å²) in [6.45, 7) is 6.64. The van der Waals surface area contributed by atoms with Gasteiger partial charge in [0.25, 0.3) is 0 Å². The number of benzene rings is 1. The Labute approximate surface area is 108 Å². The number of hydrogen-bond donors (Lipinski definition) is 1. The Balaban J connectivity index is 2.75. The number of aryl methyl sites for hydroxylation is 1. The fourth-order valence-electron chi connectivity index (χ4n) is 1.63. The Kier molecular flexibility index (Phi) is 5.45. The zero-order chi connectivity index (χ0) is 13.5. The number of ether oxygens (including phenoxy) is 1. The monoisotopic (exact) mass is 251 g/mol. The van der Waals surface area contributed by atoms with Crippen molar-refractivity contribution in [3.63, 3.8) is 0 Å². The molecule has 0 aromatic heterocycles. The smallest absolute Gasteiger partial charge is 0.222 e. The molecule has 0 heterocycles. The molecule has 0 radical (unpaired) electrons. The van der Waals surface area contributed by atoms with E-state index in [2.05, 4.69) is 5.16 Å². The summed E-state index contributed by atoms with van der Waals surface area (Å²) in [6.07, 6.45) is 0. The molecule has 0 unspecified atom stereocenters. The molecular formula is C13H21N3O2.